The minimum absolute atomic E-state index is 0.0152. The molecule has 1 aliphatic carbocycles. The molecule has 0 radical (unpaired) electrons. The van der Waals surface area contributed by atoms with Crippen molar-refractivity contribution in [3.05, 3.63) is 35.9 Å². The summed E-state index contributed by atoms with van der Waals surface area (Å²) in [5.74, 6) is -0.0108. The smallest absolute Gasteiger partial charge is 0.408 e. The predicted octanol–water partition coefficient (Wildman–Crippen LogP) is 3.16. The van der Waals surface area contributed by atoms with Gasteiger partial charge in [-0.3, -0.25) is 4.79 Å². The van der Waals surface area contributed by atoms with E-state index in [1.807, 2.05) is 42.2 Å². The molecule has 7 nitrogen and oxygen atoms in total. The Kier molecular flexibility index (Phi) is 8.54. The third kappa shape index (κ3) is 5.81. The summed E-state index contributed by atoms with van der Waals surface area (Å²) in [6.07, 6.45) is 3.01. The van der Waals surface area contributed by atoms with Crippen LogP contribution in [0.5, 0.6) is 0 Å². The number of ether oxygens (including phenoxy) is 1. The van der Waals surface area contributed by atoms with Gasteiger partial charge in [0.05, 0.1) is 6.10 Å². The molecule has 1 unspecified atom stereocenters. The van der Waals surface area contributed by atoms with Crippen LogP contribution in [0.2, 0.25) is 0 Å². The van der Waals surface area contributed by atoms with Gasteiger partial charge < -0.3 is 25.0 Å². The Morgan fingerprint density at radius 3 is 2.62 bits per heavy atom. The van der Waals surface area contributed by atoms with E-state index >= 15 is 0 Å². The highest BCUT2D eigenvalue weighted by molar-refractivity contribution is 5.87. The Balaban J connectivity index is 1.58. The van der Waals surface area contributed by atoms with Gasteiger partial charge in [-0.05, 0) is 58.6 Å². The van der Waals surface area contributed by atoms with Crippen molar-refractivity contribution in [2.45, 2.75) is 89.8 Å². The molecular formula is C25H39N3O4. The molecule has 0 bridgehead atoms. The quantitative estimate of drug-likeness (QED) is 0.642. The zero-order valence-corrected chi connectivity index (χ0v) is 19.9. The first-order valence-corrected chi connectivity index (χ1v) is 12.0. The molecule has 2 fully saturated rings. The number of benzene rings is 1. The SMILES string of the molecule is CC[C@H](O)[C@@H]1C[C@H](N(C)C(C)C)CC[C@@H]1N1CCC(NC(=O)OCc2ccccc2)C1=O. The summed E-state index contributed by atoms with van der Waals surface area (Å²) in [5, 5.41) is 13.5. The summed E-state index contributed by atoms with van der Waals surface area (Å²) in [6.45, 7) is 7.15. The number of nitrogens with one attached hydrogen (secondary N) is 1. The molecule has 32 heavy (non-hydrogen) atoms. The van der Waals surface area contributed by atoms with E-state index in [4.69, 9.17) is 4.74 Å². The van der Waals surface area contributed by atoms with Crippen LogP contribution in [0.25, 0.3) is 0 Å². The lowest BCUT2D eigenvalue weighted by Crippen LogP contribution is -2.54. The summed E-state index contributed by atoms with van der Waals surface area (Å²) in [4.78, 5) is 29.7. The van der Waals surface area contributed by atoms with Gasteiger partial charge in [-0.25, -0.2) is 4.79 Å². The van der Waals surface area contributed by atoms with Crippen molar-refractivity contribution in [2.24, 2.45) is 5.92 Å². The van der Waals surface area contributed by atoms with Crippen molar-refractivity contribution in [2.75, 3.05) is 13.6 Å². The summed E-state index contributed by atoms with van der Waals surface area (Å²) in [6, 6.07) is 9.79. The Labute approximate surface area is 192 Å². The van der Waals surface area contributed by atoms with Crippen molar-refractivity contribution in [1.82, 2.24) is 15.1 Å². The summed E-state index contributed by atoms with van der Waals surface area (Å²) >= 11 is 0. The van der Waals surface area contributed by atoms with Gasteiger partial charge in [-0.15, -0.1) is 0 Å². The van der Waals surface area contributed by atoms with Gasteiger partial charge in [0, 0.05) is 30.6 Å². The number of nitrogens with zero attached hydrogens (tertiary/aromatic N) is 2. The van der Waals surface area contributed by atoms with E-state index in [0.29, 0.717) is 31.5 Å². The first-order chi connectivity index (χ1) is 15.3. The molecule has 0 aromatic heterocycles. The van der Waals surface area contributed by atoms with E-state index in [2.05, 4.69) is 31.1 Å². The van der Waals surface area contributed by atoms with Crippen LogP contribution in [0, 0.1) is 5.92 Å². The van der Waals surface area contributed by atoms with E-state index in [0.717, 1.165) is 24.8 Å². The Bertz CT molecular complexity index is 757. The third-order valence-corrected chi connectivity index (χ3v) is 7.28. The highest BCUT2D eigenvalue weighted by atomic mass is 16.5. The monoisotopic (exact) mass is 445 g/mol. The lowest BCUT2D eigenvalue weighted by molar-refractivity contribution is -0.135. The number of aliphatic hydroxyl groups is 1. The molecule has 3 rings (SSSR count). The molecule has 1 saturated heterocycles. The maximum atomic E-state index is 13.2. The van der Waals surface area contributed by atoms with Crippen molar-refractivity contribution in [3.8, 4) is 0 Å². The number of likely N-dealkylation sites (tertiary alicyclic amines) is 1. The number of carbonyl (C=O) groups excluding carboxylic acids is 2. The number of carbonyl (C=O) groups is 2. The molecule has 1 aromatic rings. The van der Waals surface area contributed by atoms with Crippen LogP contribution >= 0.6 is 0 Å². The minimum Gasteiger partial charge on any atom is -0.445 e. The van der Waals surface area contributed by atoms with E-state index in [1.165, 1.54) is 0 Å². The zero-order chi connectivity index (χ0) is 23.3. The topological polar surface area (TPSA) is 82.1 Å². The number of hydrogen-bond donors (Lipinski definition) is 2. The Hall–Kier alpha value is -2.12. The number of alkyl carbamates (subject to hydrolysis) is 1. The highest BCUT2D eigenvalue weighted by Crippen LogP contribution is 2.36. The van der Waals surface area contributed by atoms with Crippen LogP contribution in [-0.4, -0.2) is 70.8 Å². The standard InChI is InChI=1S/C25H39N3O4/c1-5-23(29)20-15-19(27(4)17(2)3)11-12-22(20)28-14-13-21(24(28)30)26-25(31)32-16-18-9-7-6-8-10-18/h6-10,17,19-23,29H,5,11-16H2,1-4H3,(H,26,31)/t19-,20-,21?,22+,23+/m1/s1. The van der Waals surface area contributed by atoms with Gasteiger partial charge in [0.25, 0.3) is 0 Å². The summed E-state index contributed by atoms with van der Waals surface area (Å²) in [5.41, 5.74) is 0.904. The van der Waals surface area contributed by atoms with Crippen molar-refractivity contribution in [1.29, 1.82) is 0 Å². The zero-order valence-electron chi connectivity index (χ0n) is 19.9. The van der Waals surface area contributed by atoms with Crippen LogP contribution in [0.1, 0.15) is 58.4 Å². The van der Waals surface area contributed by atoms with Crippen LogP contribution in [0.3, 0.4) is 0 Å². The van der Waals surface area contributed by atoms with E-state index in [9.17, 15) is 14.7 Å². The second-order valence-electron chi connectivity index (χ2n) is 9.51. The summed E-state index contributed by atoms with van der Waals surface area (Å²) in [7, 11) is 2.15. The predicted molar refractivity (Wildman–Crippen MR) is 124 cm³/mol. The largest absolute Gasteiger partial charge is 0.445 e. The average Bonchev–Trinajstić information content (AvgIpc) is 3.16. The Morgan fingerprint density at radius 2 is 1.97 bits per heavy atom. The molecule has 178 valence electrons. The first-order valence-electron chi connectivity index (χ1n) is 12.0. The molecule has 1 heterocycles. The average molecular weight is 446 g/mol. The van der Waals surface area contributed by atoms with Gasteiger partial charge in [-0.2, -0.15) is 0 Å². The third-order valence-electron chi connectivity index (χ3n) is 7.28. The number of hydrogen-bond acceptors (Lipinski definition) is 5. The molecule has 2 amide bonds. The number of amides is 2. The van der Waals surface area contributed by atoms with Crippen LogP contribution in [-0.2, 0) is 16.1 Å². The van der Waals surface area contributed by atoms with Crippen molar-refractivity contribution in [3.63, 3.8) is 0 Å². The second kappa shape index (κ2) is 11.1. The molecule has 7 heteroatoms. The maximum Gasteiger partial charge on any atom is 0.408 e. The van der Waals surface area contributed by atoms with Gasteiger partial charge in [-0.1, -0.05) is 37.3 Å². The van der Waals surface area contributed by atoms with E-state index in [-0.39, 0.29) is 24.5 Å². The van der Waals surface area contributed by atoms with Crippen molar-refractivity contribution >= 4 is 12.0 Å². The number of aliphatic hydroxyl groups excluding tert-OH is 1. The number of rotatable bonds is 8. The molecule has 0 spiro atoms. The van der Waals surface area contributed by atoms with Gasteiger partial charge in [0.1, 0.15) is 12.6 Å². The fourth-order valence-corrected chi connectivity index (χ4v) is 5.13. The van der Waals surface area contributed by atoms with Gasteiger partial charge >= 0.3 is 6.09 Å². The lowest BCUT2D eigenvalue weighted by atomic mass is 9.76. The van der Waals surface area contributed by atoms with E-state index < -0.39 is 18.2 Å². The molecule has 1 aromatic carbocycles. The van der Waals surface area contributed by atoms with Crippen LogP contribution < -0.4 is 5.32 Å². The first kappa shape index (κ1) is 24.5. The van der Waals surface area contributed by atoms with Crippen LogP contribution in [0.15, 0.2) is 30.3 Å². The molecule has 5 atom stereocenters. The molecular weight excluding hydrogens is 406 g/mol. The molecule has 1 aliphatic heterocycles. The van der Waals surface area contributed by atoms with Crippen LogP contribution in [0.4, 0.5) is 4.79 Å². The lowest BCUT2D eigenvalue weighted by Gasteiger charge is -2.46. The summed E-state index contributed by atoms with van der Waals surface area (Å²) < 4.78 is 5.29. The maximum absolute atomic E-state index is 13.2. The van der Waals surface area contributed by atoms with Crippen molar-refractivity contribution < 1.29 is 19.4 Å². The fraction of sp³-hybridized carbons (Fsp3) is 0.680. The van der Waals surface area contributed by atoms with Gasteiger partial charge in [0.2, 0.25) is 5.91 Å². The molecule has 2 N–H and O–H groups in total. The highest BCUT2D eigenvalue weighted by Gasteiger charge is 2.44. The van der Waals surface area contributed by atoms with E-state index in [1.54, 1.807) is 0 Å². The molecule has 1 saturated carbocycles. The fourth-order valence-electron chi connectivity index (χ4n) is 5.13. The minimum atomic E-state index is -0.568. The normalized spacial score (nSPS) is 27.1. The Morgan fingerprint density at radius 1 is 1.25 bits per heavy atom. The molecule has 2 aliphatic rings. The second-order valence-corrected chi connectivity index (χ2v) is 9.51. The van der Waals surface area contributed by atoms with Gasteiger partial charge in [0.15, 0.2) is 0 Å².